The lowest BCUT2D eigenvalue weighted by atomic mass is 10.0. The molecule has 0 aliphatic carbocycles. The highest BCUT2D eigenvalue weighted by atomic mass is 35.5. The molecule has 0 saturated carbocycles. The van der Waals surface area contributed by atoms with Crippen molar-refractivity contribution in [2.24, 2.45) is 0 Å². The van der Waals surface area contributed by atoms with E-state index in [0.29, 0.717) is 33.7 Å². The van der Waals surface area contributed by atoms with Crippen LogP contribution >= 0.6 is 23.2 Å². The van der Waals surface area contributed by atoms with Crippen LogP contribution in [0.3, 0.4) is 0 Å². The molecule has 0 heterocycles. The summed E-state index contributed by atoms with van der Waals surface area (Å²) in [4.78, 5) is 13.0. The standard InChI is InChI=1S/C28H20Cl2N2O2/c1-18-14-23(30)11-12-26(18)32-28(33)21(16-31)15-25-24-5-3-2-4-20(24)8-13-27(25)34-17-19-6-9-22(29)10-7-19/h2-15H,17H2,1H3,(H,32,33)/b21-15+. The summed E-state index contributed by atoms with van der Waals surface area (Å²) in [6, 6.07) is 26.1. The summed E-state index contributed by atoms with van der Waals surface area (Å²) < 4.78 is 6.10. The van der Waals surface area contributed by atoms with Crippen LogP contribution in [0.25, 0.3) is 16.8 Å². The van der Waals surface area contributed by atoms with Gasteiger partial charge in [0.25, 0.3) is 5.91 Å². The minimum absolute atomic E-state index is 0.0398. The maximum atomic E-state index is 13.0. The van der Waals surface area contributed by atoms with Crippen LogP contribution in [0.4, 0.5) is 5.69 Å². The second kappa shape index (κ2) is 10.4. The molecule has 0 aromatic heterocycles. The van der Waals surface area contributed by atoms with Gasteiger partial charge in [-0.25, -0.2) is 0 Å². The number of amides is 1. The van der Waals surface area contributed by atoms with E-state index >= 15 is 0 Å². The van der Waals surface area contributed by atoms with Crippen LogP contribution in [0.5, 0.6) is 5.75 Å². The summed E-state index contributed by atoms with van der Waals surface area (Å²) in [5.74, 6) is 0.0568. The summed E-state index contributed by atoms with van der Waals surface area (Å²) in [6.45, 7) is 2.15. The Morgan fingerprint density at radius 1 is 1.00 bits per heavy atom. The number of fused-ring (bicyclic) bond motifs is 1. The number of hydrogen-bond donors (Lipinski definition) is 1. The fourth-order valence-electron chi connectivity index (χ4n) is 3.54. The lowest BCUT2D eigenvalue weighted by Crippen LogP contribution is -2.14. The molecule has 168 valence electrons. The minimum Gasteiger partial charge on any atom is -0.488 e. The quantitative estimate of drug-likeness (QED) is 0.225. The van der Waals surface area contributed by atoms with Crippen LogP contribution in [0.2, 0.25) is 10.0 Å². The van der Waals surface area contributed by atoms with Gasteiger partial charge in [-0.15, -0.1) is 0 Å². The number of nitrogens with one attached hydrogen (secondary N) is 1. The molecule has 0 bridgehead atoms. The summed E-state index contributed by atoms with van der Waals surface area (Å²) in [5, 5.41) is 15.7. The average Bonchev–Trinajstić information content (AvgIpc) is 2.84. The Labute approximate surface area is 208 Å². The summed E-state index contributed by atoms with van der Waals surface area (Å²) in [6.07, 6.45) is 1.57. The van der Waals surface area contributed by atoms with E-state index in [1.165, 1.54) is 0 Å². The number of carbonyl (C=O) groups excluding carboxylic acids is 1. The normalized spacial score (nSPS) is 11.2. The van der Waals surface area contributed by atoms with Crippen molar-refractivity contribution in [2.75, 3.05) is 5.32 Å². The Morgan fingerprint density at radius 2 is 1.74 bits per heavy atom. The van der Waals surface area contributed by atoms with Gasteiger partial charge in [-0.1, -0.05) is 65.7 Å². The second-order valence-corrected chi connectivity index (χ2v) is 8.57. The number of ether oxygens (including phenoxy) is 1. The van der Waals surface area contributed by atoms with Crippen molar-refractivity contribution in [2.45, 2.75) is 13.5 Å². The van der Waals surface area contributed by atoms with E-state index in [9.17, 15) is 10.1 Å². The number of halogens is 2. The largest absolute Gasteiger partial charge is 0.488 e. The molecule has 0 aliphatic rings. The van der Waals surface area contributed by atoms with Gasteiger partial charge in [0.05, 0.1) is 0 Å². The number of aryl methyl sites for hydroxylation is 1. The highest BCUT2D eigenvalue weighted by Crippen LogP contribution is 2.31. The fraction of sp³-hybridized carbons (Fsp3) is 0.0714. The van der Waals surface area contributed by atoms with Gasteiger partial charge in [-0.2, -0.15) is 5.26 Å². The highest BCUT2D eigenvalue weighted by molar-refractivity contribution is 6.31. The average molecular weight is 487 g/mol. The number of rotatable bonds is 6. The zero-order valence-corrected chi connectivity index (χ0v) is 19.8. The number of hydrogen-bond acceptors (Lipinski definition) is 3. The van der Waals surface area contributed by atoms with E-state index in [1.54, 1.807) is 36.4 Å². The van der Waals surface area contributed by atoms with Crippen LogP contribution in [0, 0.1) is 18.3 Å². The third kappa shape index (κ3) is 5.40. The first-order valence-electron chi connectivity index (χ1n) is 10.5. The molecule has 0 unspecified atom stereocenters. The summed E-state index contributed by atoms with van der Waals surface area (Å²) in [5.41, 5.74) is 2.96. The van der Waals surface area contributed by atoms with E-state index in [-0.39, 0.29) is 5.57 Å². The van der Waals surface area contributed by atoms with E-state index in [4.69, 9.17) is 27.9 Å². The zero-order valence-electron chi connectivity index (χ0n) is 18.3. The molecule has 0 fully saturated rings. The van der Waals surface area contributed by atoms with Gasteiger partial charge in [-0.3, -0.25) is 4.79 Å². The van der Waals surface area contributed by atoms with Gasteiger partial charge in [0.2, 0.25) is 0 Å². The number of carbonyl (C=O) groups is 1. The molecule has 0 spiro atoms. The molecule has 0 saturated heterocycles. The molecule has 0 aliphatic heterocycles. The van der Waals surface area contributed by atoms with Crippen molar-refractivity contribution in [3.8, 4) is 11.8 Å². The number of nitrogens with zero attached hydrogens (tertiary/aromatic N) is 1. The van der Waals surface area contributed by atoms with Crippen molar-refractivity contribution in [1.29, 1.82) is 5.26 Å². The van der Waals surface area contributed by atoms with Gasteiger partial charge in [0, 0.05) is 21.3 Å². The van der Waals surface area contributed by atoms with Gasteiger partial charge in [-0.05, 0) is 71.3 Å². The third-order valence-corrected chi connectivity index (χ3v) is 5.82. The van der Waals surface area contributed by atoms with Crippen molar-refractivity contribution < 1.29 is 9.53 Å². The monoisotopic (exact) mass is 486 g/mol. The van der Waals surface area contributed by atoms with E-state index in [2.05, 4.69) is 5.32 Å². The lowest BCUT2D eigenvalue weighted by Gasteiger charge is -2.13. The molecule has 6 heteroatoms. The van der Waals surface area contributed by atoms with Crippen molar-refractivity contribution in [3.05, 3.63) is 111 Å². The maximum absolute atomic E-state index is 13.0. The van der Waals surface area contributed by atoms with Crippen molar-refractivity contribution in [3.63, 3.8) is 0 Å². The lowest BCUT2D eigenvalue weighted by molar-refractivity contribution is -0.112. The predicted octanol–water partition coefficient (Wildman–Crippen LogP) is 7.58. The summed E-state index contributed by atoms with van der Waals surface area (Å²) >= 11 is 12.0. The van der Waals surface area contributed by atoms with Crippen LogP contribution in [-0.4, -0.2) is 5.91 Å². The Hall–Kier alpha value is -3.78. The molecular formula is C28H20Cl2N2O2. The minimum atomic E-state index is -0.510. The summed E-state index contributed by atoms with van der Waals surface area (Å²) in [7, 11) is 0. The first-order chi connectivity index (χ1) is 16.4. The van der Waals surface area contributed by atoms with E-state index < -0.39 is 5.91 Å². The Kier molecular flexibility index (Phi) is 7.18. The van der Waals surface area contributed by atoms with Gasteiger partial charge in [0.15, 0.2) is 0 Å². The number of nitriles is 1. The molecule has 4 aromatic carbocycles. The maximum Gasteiger partial charge on any atom is 0.266 e. The van der Waals surface area contributed by atoms with Gasteiger partial charge >= 0.3 is 0 Å². The molecule has 4 rings (SSSR count). The van der Waals surface area contributed by atoms with Crippen LogP contribution in [0.15, 0.2) is 84.4 Å². The van der Waals surface area contributed by atoms with Gasteiger partial charge in [0.1, 0.15) is 24.0 Å². The Balaban J connectivity index is 1.69. The Bertz CT molecular complexity index is 1440. The molecule has 0 atom stereocenters. The van der Waals surface area contributed by atoms with Crippen LogP contribution < -0.4 is 10.1 Å². The molecule has 4 aromatic rings. The molecule has 0 radical (unpaired) electrons. The third-order valence-electron chi connectivity index (χ3n) is 5.33. The highest BCUT2D eigenvalue weighted by Gasteiger charge is 2.15. The van der Waals surface area contributed by atoms with Gasteiger partial charge < -0.3 is 10.1 Å². The predicted molar refractivity (Wildman–Crippen MR) is 138 cm³/mol. The zero-order chi connectivity index (χ0) is 24.1. The molecule has 34 heavy (non-hydrogen) atoms. The Morgan fingerprint density at radius 3 is 2.47 bits per heavy atom. The van der Waals surface area contributed by atoms with E-state index in [0.717, 1.165) is 21.9 Å². The fourth-order valence-corrected chi connectivity index (χ4v) is 3.89. The SMILES string of the molecule is Cc1cc(Cl)ccc1NC(=O)/C(C#N)=C/c1c(OCc2ccc(Cl)cc2)ccc2ccccc12. The molecule has 1 amide bonds. The topological polar surface area (TPSA) is 62.1 Å². The number of anilines is 1. The van der Waals surface area contributed by atoms with Crippen molar-refractivity contribution in [1.82, 2.24) is 0 Å². The van der Waals surface area contributed by atoms with Crippen molar-refractivity contribution >= 4 is 51.6 Å². The first kappa shape index (κ1) is 23.4. The number of benzene rings is 4. The van der Waals surface area contributed by atoms with Crippen LogP contribution in [0.1, 0.15) is 16.7 Å². The molecule has 4 nitrogen and oxygen atoms in total. The molecular weight excluding hydrogens is 467 g/mol. The van der Waals surface area contributed by atoms with Crippen LogP contribution in [-0.2, 0) is 11.4 Å². The molecule has 1 N–H and O–H groups in total. The smallest absolute Gasteiger partial charge is 0.266 e. The van der Waals surface area contributed by atoms with E-state index in [1.807, 2.05) is 61.5 Å². The first-order valence-corrected chi connectivity index (χ1v) is 11.3. The second-order valence-electron chi connectivity index (χ2n) is 7.70.